The molecule has 0 aromatic heterocycles. The number of allylic oxidation sites excluding steroid dienone is 7. The lowest BCUT2D eigenvalue weighted by Crippen LogP contribution is -2.58. The molecule has 0 radical (unpaired) electrons. The highest BCUT2D eigenvalue weighted by Gasteiger charge is 2.49. The number of aliphatic hydroxyl groups excluding tert-OH is 2. The Labute approximate surface area is 397 Å². The van der Waals surface area contributed by atoms with Gasteiger partial charge in [-0.1, -0.05) is 110 Å². The number of aliphatic hydroxyl groups is 3. The molecule has 12 heteroatoms. The number of rotatable bonds is 24. The van der Waals surface area contributed by atoms with E-state index in [-0.39, 0.29) is 67.1 Å². The fourth-order valence-corrected chi connectivity index (χ4v) is 10.2. The van der Waals surface area contributed by atoms with Crippen molar-refractivity contribution in [2.75, 3.05) is 20.8 Å². The number of nitrogens with zero attached hydrogens (tertiary/aromatic N) is 1. The zero-order valence-electron chi connectivity index (χ0n) is 42.5. The third kappa shape index (κ3) is 15.9. The smallest absolute Gasteiger partial charge is 0.329 e. The first-order chi connectivity index (χ1) is 31.1. The number of carbonyl (C=O) groups excluding carboxylic acids is 5. The van der Waals surface area contributed by atoms with Crippen molar-refractivity contribution in [3.05, 3.63) is 47.6 Å². The Hall–Kier alpha value is -3.29. The highest BCUT2D eigenvalue weighted by molar-refractivity contribution is 6.39. The largest absolute Gasteiger partial charge is 0.460 e. The van der Waals surface area contributed by atoms with E-state index in [9.17, 15) is 39.3 Å². The van der Waals surface area contributed by atoms with Crippen molar-refractivity contribution >= 4 is 29.2 Å². The molecule has 3 N–H and O–H groups in total. The topological polar surface area (TPSA) is 177 Å². The van der Waals surface area contributed by atoms with E-state index in [1.54, 1.807) is 34.0 Å². The van der Waals surface area contributed by atoms with Crippen molar-refractivity contribution in [3.8, 4) is 0 Å². The molecule has 0 aromatic carbocycles. The number of piperidine rings is 1. The SMILES string of the molecule is CO[C@@H]1C[C@H](C[C@@H](C)[C@H](CC(=O)[C@H](C)/C=C(\C)[C@@H](O)[C@@H](OC)C(=O)[C@H](C)C[C@H](C)/C=C/C=C/C=C(\C)[C@@H](C)C(C)C)OC(=O)[C@@H]2CCCCN2C(=O)C(=O)[C@]2(O)CCCC[C@H]2C)CC[C@H]1O. The number of ether oxygens (including phenoxy) is 3. The summed E-state index contributed by atoms with van der Waals surface area (Å²) in [6.45, 7) is 19.9. The van der Waals surface area contributed by atoms with Crippen LogP contribution in [0.2, 0.25) is 0 Å². The maximum atomic E-state index is 14.2. The second kappa shape index (κ2) is 27.0. The molecule has 0 unspecified atom stereocenters. The number of hydrogen-bond donors (Lipinski definition) is 3. The molecule has 2 aliphatic carbocycles. The first kappa shape index (κ1) is 57.0. The Morgan fingerprint density at radius 1 is 0.864 bits per heavy atom. The number of amides is 1. The maximum absolute atomic E-state index is 14.2. The lowest BCUT2D eigenvalue weighted by atomic mass is 9.73. The minimum absolute atomic E-state index is 0.0925. The summed E-state index contributed by atoms with van der Waals surface area (Å²) in [5, 5.41) is 33.3. The molecule has 1 aliphatic heterocycles. The Balaban J connectivity index is 1.75. The van der Waals surface area contributed by atoms with Gasteiger partial charge in [-0.3, -0.25) is 19.2 Å². The van der Waals surface area contributed by atoms with Crippen LogP contribution in [0.3, 0.4) is 0 Å². The average molecular weight is 926 g/mol. The number of ketones is 3. The predicted molar refractivity (Wildman–Crippen MR) is 258 cm³/mol. The van der Waals surface area contributed by atoms with E-state index < -0.39 is 65.6 Å². The van der Waals surface area contributed by atoms with Gasteiger partial charge in [-0.2, -0.15) is 0 Å². The molecule has 66 heavy (non-hydrogen) atoms. The molecule has 3 fully saturated rings. The maximum Gasteiger partial charge on any atom is 0.329 e. The third-order valence-corrected chi connectivity index (χ3v) is 15.3. The molecule has 3 aliphatic rings. The summed E-state index contributed by atoms with van der Waals surface area (Å²) in [5.41, 5.74) is -0.0548. The third-order valence-electron chi connectivity index (χ3n) is 15.3. The van der Waals surface area contributed by atoms with Crippen LogP contribution in [0.15, 0.2) is 47.6 Å². The van der Waals surface area contributed by atoms with Gasteiger partial charge in [0.05, 0.1) is 12.2 Å². The lowest BCUT2D eigenvalue weighted by Gasteiger charge is -2.40. The molecule has 1 saturated heterocycles. The molecule has 3 rings (SSSR count). The lowest BCUT2D eigenvalue weighted by molar-refractivity contribution is -0.170. The van der Waals surface area contributed by atoms with Crippen molar-refractivity contribution < 1.29 is 53.5 Å². The van der Waals surface area contributed by atoms with Gasteiger partial charge >= 0.3 is 5.97 Å². The molecule has 0 aromatic rings. The van der Waals surface area contributed by atoms with Gasteiger partial charge in [0.25, 0.3) is 11.7 Å². The van der Waals surface area contributed by atoms with Gasteiger partial charge in [0, 0.05) is 39.0 Å². The second-order valence-corrected chi connectivity index (χ2v) is 20.8. The molecule has 12 nitrogen and oxygen atoms in total. The van der Waals surface area contributed by atoms with Gasteiger partial charge in [-0.25, -0.2) is 4.79 Å². The van der Waals surface area contributed by atoms with Crippen LogP contribution in [0.5, 0.6) is 0 Å². The van der Waals surface area contributed by atoms with E-state index in [4.69, 9.17) is 14.2 Å². The van der Waals surface area contributed by atoms with E-state index in [0.717, 1.165) is 12.8 Å². The molecular formula is C54H87NO11. The van der Waals surface area contributed by atoms with Crippen LogP contribution >= 0.6 is 0 Å². The normalized spacial score (nSPS) is 28.4. The van der Waals surface area contributed by atoms with Crippen molar-refractivity contribution in [2.24, 2.45) is 47.3 Å². The van der Waals surface area contributed by atoms with E-state index in [0.29, 0.717) is 68.8 Å². The number of esters is 1. The van der Waals surface area contributed by atoms with Crippen molar-refractivity contribution in [2.45, 2.75) is 195 Å². The minimum atomic E-state index is -1.78. The van der Waals surface area contributed by atoms with Crippen LogP contribution in [-0.4, -0.2) is 112 Å². The summed E-state index contributed by atoms with van der Waals surface area (Å²) in [6.07, 6.45) is 14.4. The first-order valence-electron chi connectivity index (χ1n) is 25.0. The van der Waals surface area contributed by atoms with Gasteiger partial charge < -0.3 is 34.4 Å². The first-order valence-corrected chi connectivity index (χ1v) is 25.0. The van der Waals surface area contributed by atoms with Gasteiger partial charge in [-0.15, -0.1) is 0 Å². The number of hydrogen-bond acceptors (Lipinski definition) is 11. The Morgan fingerprint density at radius 2 is 1.55 bits per heavy atom. The minimum Gasteiger partial charge on any atom is -0.460 e. The standard InChI is InChI=1S/C54H87NO11/c1-33(2)41(10)35(4)21-15-13-14-20-34(3)28-38(7)48(58)50(65-12)49(59)39(8)29-36(5)45(57)32-46(37(6)30-42-24-25-44(56)47(31-42)64-11)66-53(62)43-23-17-19-27-55(43)52(61)51(60)54(63)26-18-16-22-40(54)9/h13-15,20-21,29,33-34,36-38,40-44,46-47,49-50,56,59,63H,16-19,22-28,30-32H2,1-12H3/b15-13+,20-14+,35-21+,39-29+/t34-,36-,37-,38-,40-,41+,42+,43+,44-,46+,47-,49-,50+,54+/m1/s1. The summed E-state index contributed by atoms with van der Waals surface area (Å²) >= 11 is 0. The highest BCUT2D eigenvalue weighted by Crippen LogP contribution is 2.37. The molecule has 1 amide bonds. The van der Waals surface area contributed by atoms with E-state index in [1.165, 1.54) is 17.6 Å². The second-order valence-electron chi connectivity index (χ2n) is 20.8. The zero-order chi connectivity index (χ0) is 49.5. The Morgan fingerprint density at radius 3 is 2.18 bits per heavy atom. The van der Waals surface area contributed by atoms with Gasteiger partial charge in [-0.05, 0) is 119 Å². The number of Topliss-reactive ketones (excluding diaryl/α,β-unsaturated/α-hetero) is 3. The average Bonchev–Trinajstić information content (AvgIpc) is 3.29. The summed E-state index contributed by atoms with van der Waals surface area (Å²) in [4.78, 5) is 70.7. The number of likely N-dealkylation sites (tertiary alicyclic amines) is 1. The predicted octanol–water partition coefficient (Wildman–Crippen LogP) is 8.49. The summed E-state index contributed by atoms with van der Waals surface area (Å²) < 4.78 is 17.4. The van der Waals surface area contributed by atoms with Crippen LogP contribution in [0, 0.1) is 47.3 Å². The molecule has 0 spiro atoms. The van der Waals surface area contributed by atoms with Gasteiger partial charge in [0.2, 0.25) is 0 Å². The van der Waals surface area contributed by atoms with Crippen LogP contribution in [0.4, 0.5) is 0 Å². The Bertz CT molecular complexity index is 1730. The summed E-state index contributed by atoms with van der Waals surface area (Å²) in [6, 6.07) is -1.04. The van der Waals surface area contributed by atoms with Crippen LogP contribution in [0.1, 0.15) is 153 Å². The fraction of sp³-hybridized carbons (Fsp3) is 0.759. The van der Waals surface area contributed by atoms with E-state index in [2.05, 4.69) is 39.8 Å². The summed E-state index contributed by atoms with van der Waals surface area (Å²) in [5.74, 6) is -3.46. The Kier molecular flexibility index (Phi) is 23.4. The van der Waals surface area contributed by atoms with Crippen molar-refractivity contribution in [1.82, 2.24) is 4.90 Å². The van der Waals surface area contributed by atoms with Crippen LogP contribution in [-0.2, 0) is 38.2 Å². The van der Waals surface area contributed by atoms with Gasteiger partial charge in [0.15, 0.2) is 5.78 Å². The molecule has 374 valence electrons. The number of methoxy groups -OCH3 is 2. The number of carbonyl (C=O) groups is 5. The zero-order valence-corrected chi connectivity index (χ0v) is 42.5. The van der Waals surface area contributed by atoms with E-state index >= 15 is 0 Å². The highest BCUT2D eigenvalue weighted by atomic mass is 16.5. The fourth-order valence-electron chi connectivity index (χ4n) is 10.2. The quantitative estimate of drug-likeness (QED) is 0.0366. The summed E-state index contributed by atoms with van der Waals surface area (Å²) in [7, 11) is 2.97. The van der Waals surface area contributed by atoms with Gasteiger partial charge in [0.1, 0.15) is 35.7 Å². The van der Waals surface area contributed by atoms with Crippen molar-refractivity contribution in [1.29, 1.82) is 0 Å². The molecule has 2 saturated carbocycles. The molecule has 1 heterocycles. The molecule has 0 bridgehead atoms. The molecule has 14 atom stereocenters. The van der Waals surface area contributed by atoms with E-state index in [1.807, 2.05) is 39.0 Å². The monoisotopic (exact) mass is 926 g/mol. The van der Waals surface area contributed by atoms with Crippen molar-refractivity contribution in [3.63, 3.8) is 0 Å². The molecular weight excluding hydrogens is 839 g/mol. The van der Waals surface area contributed by atoms with Crippen LogP contribution in [0.25, 0.3) is 0 Å². The van der Waals surface area contributed by atoms with Crippen LogP contribution < -0.4 is 0 Å².